The molecule has 0 fully saturated rings. The fourth-order valence-corrected chi connectivity index (χ4v) is 4.36. The molecule has 0 spiro atoms. The number of anilines is 1. The molecule has 0 saturated heterocycles. The van der Waals surface area contributed by atoms with Gasteiger partial charge in [-0.15, -0.1) is 0 Å². The third-order valence-corrected chi connectivity index (χ3v) is 6.09. The van der Waals surface area contributed by atoms with Crippen molar-refractivity contribution in [2.45, 2.75) is 53.8 Å². The number of hydrogen-bond acceptors (Lipinski definition) is 4. The Labute approximate surface area is 197 Å². The number of fused-ring (bicyclic) bond motifs is 1. The van der Waals surface area contributed by atoms with Crippen molar-refractivity contribution in [2.75, 3.05) is 5.32 Å². The summed E-state index contributed by atoms with van der Waals surface area (Å²) in [5.74, 6) is -0.335. The predicted molar refractivity (Wildman–Crippen MR) is 133 cm³/mol. The molecular weight excluding hydrogens is 430 g/mol. The Kier molecular flexibility index (Phi) is 6.49. The molecule has 4 rings (SSSR count). The fourth-order valence-electron chi connectivity index (χ4n) is 4.36. The van der Waals surface area contributed by atoms with Crippen molar-refractivity contribution in [1.29, 1.82) is 0 Å². The number of hydrogen-bond donors (Lipinski definition) is 1. The fraction of sp³-hybridized carbons (Fsp3) is 0.308. The van der Waals surface area contributed by atoms with Crippen molar-refractivity contribution < 1.29 is 4.79 Å². The van der Waals surface area contributed by atoms with E-state index in [9.17, 15) is 14.4 Å². The van der Waals surface area contributed by atoms with Gasteiger partial charge in [0.25, 0.3) is 5.56 Å². The number of aryl methyl sites for hydroxylation is 5. The highest BCUT2D eigenvalue weighted by Gasteiger charge is 2.22. The van der Waals surface area contributed by atoms with E-state index in [0.717, 1.165) is 22.4 Å². The Morgan fingerprint density at radius 1 is 0.912 bits per heavy atom. The summed E-state index contributed by atoms with van der Waals surface area (Å²) in [4.78, 5) is 39.9. The molecule has 1 amide bonds. The molecule has 0 atom stereocenters. The number of aromatic nitrogens is 4. The zero-order valence-corrected chi connectivity index (χ0v) is 20.0. The van der Waals surface area contributed by atoms with Crippen LogP contribution in [-0.2, 0) is 30.8 Å². The highest BCUT2D eigenvalue weighted by atomic mass is 16.2. The molecule has 0 aliphatic carbocycles. The summed E-state index contributed by atoms with van der Waals surface area (Å²) in [5, 5.41) is 7.40. The molecule has 4 aromatic rings. The number of nitrogens with zero attached hydrogens (tertiary/aromatic N) is 4. The number of amides is 1. The second-order valence-corrected chi connectivity index (χ2v) is 8.47. The van der Waals surface area contributed by atoms with Crippen LogP contribution in [0.15, 0.2) is 58.1 Å². The maximum atomic E-state index is 13.5. The zero-order valence-electron chi connectivity index (χ0n) is 20.0. The van der Waals surface area contributed by atoms with E-state index in [4.69, 9.17) is 0 Å². The average molecular weight is 460 g/mol. The Bertz CT molecular complexity index is 1460. The standard InChI is InChI=1S/C26H29N5O3/c1-5-31-24-23(19(4)28-31)30(16-21(32)27-22-17(2)10-9-11-18(22)3)26(34)29(25(24)33)15-14-20-12-7-6-8-13-20/h6-13H,5,14-16H2,1-4H3,(H,27,32). The summed E-state index contributed by atoms with van der Waals surface area (Å²) in [6.07, 6.45) is 0.523. The number of benzene rings is 2. The smallest absolute Gasteiger partial charge is 0.324 e. The summed E-state index contributed by atoms with van der Waals surface area (Å²) < 4.78 is 4.19. The van der Waals surface area contributed by atoms with Crippen LogP contribution in [0.5, 0.6) is 0 Å². The molecule has 1 N–H and O–H groups in total. The lowest BCUT2D eigenvalue weighted by atomic mass is 10.1. The number of para-hydroxylation sites is 1. The molecular formula is C26H29N5O3. The third kappa shape index (κ3) is 4.31. The quantitative estimate of drug-likeness (QED) is 0.460. The van der Waals surface area contributed by atoms with Crippen LogP contribution in [0.4, 0.5) is 5.69 Å². The molecule has 2 heterocycles. The van der Waals surface area contributed by atoms with Gasteiger partial charge >= 0.3 is 5.69 Å². The van der Waals surface area contributed by atoms with Gasteiger partial charge in [-0.3, -0.25) is 23.4 Å². The normalized spacial score (nSPS) is 11.2. The molecule has 2 aromatic heterocycles. The van der Waals surface area contributed by atoms with Crippen LogP contribution in [-0.4, -0.2) is 24.8 Å². The molecule has 0 aliphatic heterocycles. The van der Waals surface area contributed by atoms with Crippen LogP contribution in [0, 0.1) is 20.8 Å². The van der Waals surface area contributed by atoms with Crippen molar-refractivity contribution in [1.82, 2.24) is 18.9 Å². The summed E-state index contributed by atoms with van der Waals surface area (Å²) >= 11 is 0. The first-order valence-corrected chi connectivity index (χ1v) is 11.4. The largest absolute Gasteiger partial charge is 0.332 e. The maximum absolute atomic E-state index is 13.5. The van der Waals surface area contributed by atoms with E-state index in [1.165, 1.54) is 9.13 Å². The first-order valence-electron chi connectivity index (χ1n) is 11.4. The second-order valence-electron chi connectivity index (χ2n) is 8.47. The predicted octanol–water partition coefficient (Wildman–Crippen LogP) is 3.19. The molecule has 176 valence electrons. The van der Waals surface area contributed by atoms with Crippen molar-refractivity contribution in [3.8, 4) is 0 Å². The van der Waals surface area contributed by atoms with Crippen LogP contribution in [0.1, 0.15) is 29.3 Å². The molecule has 0 bridgehead atoms. The van der Waals surface area contributed by atoms with E-state index in [2.05, 4.69) is 10.4 Å². The third-order valence-electron chi connectivity index (χ3n) is 6.09. The van der Waals surface area contributed by atoms with E-state index in [1.54, 1.807) is 11.6 Å². The van der Waals surface area contributed by atoms with Crippen LogP contribution in [0.3, 0.4) is 0 Å². The van der Waals surface area contributed by atoms with Crippen LogP contribution in [0.25, 0.3) is 11.0 Å². The van der Waals surface area contributed by atoms with Gasteiger partial charge in [0, 0.05) is 18.8 Å². The van der Waals surface area contributed by atoms with Gasteiger partial charge < -0.3 is 5.32 Å². The monoisotopic (exact) mass is 459 g/mol. The highest BCUT2D eigenvalue weighted by molar-refractivity contribution is 5.93. The number of carbonyl (C=O) groups excluding carboxylic acids is 1. The molecule has 34 heavy (non-hydrogen) atoms. The summed E-state index contributed by atoms with van der Waals surface area (Å²) in [6.45, 7) is 7.96. The molecule has 0 saturated carbocycles. The molecule has 0 aliphatic rings. The summed E-state index contributed by atoms with van der Waals surface area (Å²) in [5.41, 5.74) is 4.03. The van der Waals surface area contributed by atoms with E-state index < -0.39 is 5.69 Å². The summed E-state index contributed by atoms with van der Waals surface area (Å²) in [7, 11) is 0. The first kappa shape index (κ1) is 23.2. The maximum Gasteiger partial charge on any atom is 0.332 e. The van der Waals surface area contributed by atoms with E-state index in [1.807, 2.05) is 69.3 Å². The zero-order chi connectivity index (χ0) is 24.4. The van der Waals surface area contributed by atoms with Crippen LogP contribution in [0.2, 0.25) is 0 Å². The van der Waals surface area contributed by atoms with E-state index >= 15 is 0 Å². The second kappa shape index (κ2) is 9.51. The first-order chi connectivity index (χ1) is 16.3. The molecule has 8 heteroatoms. The number of nitrogens with one attached hydrogen (secondary N) is 1. The van der Waals surface area contributed by atoms with E-state index in [0.29, 0.717) is 29.7 Å². The SMILES string of the molecule is CCn1nc(C)c2c1c(=O)n(CCc1ccccc1)c(=O)n2CC(=O)Nc1c(C)cccc1C. The summed E-state index contributed by atoms with van der Waals surface area (Å²) in [6, 6.07) is 15.5. The lowest BCUT2D eigenvalue weighted by molar-refractivity contribution is -0.116. The van der Waals surface area contributed by atoms with Gasteiger partial charge in [-0.2, -0.15) is 5.10 Å². The van der Waals surface area contributed by atoms with Gasteiger partial charge in [0.2, 0.25) is 5.91 Å². The van der Waals surface area contributed by atoms with Gasteiger partial charge in [-0.1, -0.05) is 48.5 Å². The molecule has 8 nitrogen and oxygen atoms in total. The topological polar surface area (TPSA) is 90.9 Å². The minimum atomic E-state index is -0.510. The van der Waals surface area contributed by atoms with Crippen LogP contribution >= 0.6 is 0 Å². The molecule has 0 radical (unpaired) electrons. The number of rotatable bonds is 7. The van der Waals surface area contributed by atoms with Gasteiger partial charge in [-0.25, -0.2) is 4.79 Å². The molecule has 0 unspecified atom stereocenters. The van der Waals surface area contributed by atoms with Crippen molar-refractivity contribution in [3.05, 3.63) is 91.8 Å². The Morgan fingerprint density at radius 2 is 1.59 bits per heavy atom. The van der Waals surface area contributed by atoms with Gasteiger partial charge in [0.05, 0.1) is 5.69 Å². The van der Waals surface area contributed by atoms with Gasteiger partial charge in [0.15, 0.2) is 5.52 Å². The Balaban J connectivity index is 1.78. The van der Waals surface area contributed by atoms with Crippen molar-refractivity contribution in [3.63, 3.8) is 0 Å². The minimum Gasteiger partial charge on any atom is -0.324 e. The average Bonchev–Trinajstić information content (AvgIpc) is 3.16. The van der Waals surface area contributed by atoms with Gasteiger partial charge in [-0.05, 0) is 50.8 Å². The van der Waals surface area contributed by atoms with E-state index in [-0.39, 0.29) is 24.6 Å². The Hall–Kier alpha value is -3.94. The van der Waals surface area contributed by atoms with Gasteiger partial charge in [0.1, 0.15) is 12.1 Å². The Morgan fingerprint density at radius 3 is 2.24 bits per heavy atom. The molecule has 2 aromatic carbocycles. The highest BCUT2D eigenvalue weighted by Crippen LogP contribution is 2.20. The number of carbonyl (C=O) groups is 1. The lowest BCUT2D eigenvalue weighted by Crippen LogP contribution is -2.42. The van der Waals surface area contributed by atoms with Crippen molar-refractivity contribution in [2.24, 2.45) is 0 Å². The van der Waals surface area contributed by atoms with Crippen LogP contribution < -0.4 is 16.6 Å². The van der Waals surface area contributed by atoms with Crippen molar-refractivity contribution >= 4 is 22.6 Å². The minimum absolute atomic E-state index is 0.212. The lowest BCUT2D eigenvalue weighted by Gasteiger charge is -2.15.